The van der Waals surface area contributed by atoms with Crippen LogP contribution in [-0.4, -0.2) is 21.0 Å². The van der Waals surface area contributed by atoms with Gasteiger partial charge < -0.3 is 5.11 Å². The van der Waals surface area contributed by atoms with Crippen molar-refractivity contribution in [1.29, 1.82) is 0 Å². The van der Waals surface area contributed by atoms with E-state index in [0.717, 1.165) is 11.3 Å². The smallest absolute Gasteiger partial charge is 0.336 e. The van der Waals surface area contributed by atoms with Gasteiger partial charge in [0.2, 0.25) is 0 Å². The fourth-order valence-corrected chi connectivity index (χ4v) is 2.37. The van der Waals surface area contributed by atoms with Gasteiger partial charge in [-0.25, -0.2) is 14.8 Å². The number of benzene rings is 1. The average molecular weight is 260 g/mol. The lowest BCUT2D eigenvalue weighted by molar-refractivity contribution is 0.0693. The summed E-state index contributed by atoms with van der Waals surface area (Å²) in [4.78, 5) is 20.2. The van der Waals surface area contributed by atoms with Crippen LogP contribution in [0.1, 0.15) is 21.6 Å². The molecule has 1 aromatic carbocycles. The number of hydrogen-bond donors (Lipinski definition) is 1. The Hall–Kier alpha value is -1.88. The molecule has 0 amide bonds. The van der Waals surface area contributed by atoms with Gasteiger partial charge in [-0.05, 0) is 43.8 Å². The summed E-state index contributed by atoms with van der Waals surface area (Å²) in [6, 6.07) is 7.12. The lowest BCUT2D eigenvalue weighted by Gasteiger charge is -2.06. The van der Waals surface area contributed by atoms with Crippen molar-refractivity contribution in [2.45, 2.75) is 23.9 Å². The van der Waals surface area contributed by atoms with Crippen molar-refractivity contribution in [1.82, 2.24) is 9.97 Å². The summed E-state index contributed by atoms with van der Waals surface area (Å²) in [6.07, 6.45) is 1.67. The van der Waals surface area contributed by atoms with Crippen molar-refractivity contribution in [3.8, 4) is 0 Å². The first-order chi connectivity index (χ1) is 8.56. The first-order valence-electron chi connectivity index (χ1n) is 5.38. The summed E-state index contributed by atoms with van der Waals surface area (Å²) >= 11 is 1.26. The van der Waals surface area contributed by atoms with E-state index in [0.29, 0.717) is 10.1 Å². The van der Waals surface area contributed by atoms with Gasteiger partial charge in [0.15, 0.2) is 5.16 Å². The predicted octanol–water partition coefficient (Wildman–Crippen LogP) is 2.94. The Labute approximate surface area is 109 Å². The minimum absolute atomic E-state index is 0.283. The Balaban J connectivity index is 2.37. The molecule has 0 unspecified atom stereocenters. The van der Waals surface area contributed by atoms with Crippen molar-refractivity contribution >= 4 is 17.7 Å². The number of rotatable bonds is 3. The predicted molar refractivity (Wildman–Crippen MR) is 69.0 cm³/mol. The number of nitrogens with zero attached hydrogens (tertiary/aromatic N) is 2. The third-order valence-corrected chi connectivity index (χ3v) is 3.29. The molecule has 4 nitrogen and oxygen atoms in total. The molecule has 0 bridgehead atoms. The molecule has 0 saturated heterocycles. The van der Waals surface area contributed by atoms with E-state index < -0.39 is 5.97 Å². The highest BCUT2D eigenvalue weighted by Crippen LogP contribution is 2.28. The van der Waals surface area contributed by atoms with Crippen molar-refractivity contribution in [2.75, 3.05) is 0 Å². The molecule has 0 spiro atoms. The van der Waals surface area contributed by atoms with Crippen LogP contribution in [-0.2, 0) is 0 Å². The van der Waals surface area contributed by atoms with E-state index in [-0.39, 0.29) is 5.56 Å². The van der Waals surface area contributed by atoms with Gasteiger partial charge in [0.05, 0.1) is 5.56 Å². The summed E-state index contributed by atoms with van der Waals surface area (Å²) in [5, 5.41) is 9.73. The Kier molecular flexibility index (Phi) is 3.62. The summed E-state index contributed by atoms with van der Waals surface area (Å²) in [6.45, 7) is 3.74. The van der Waals surface area contributed by atoms with Crippen molar-refractivity contribution in [3.63, 3.8) is 0 Å². The van der Waals surface area contributed by atoms with Gasteiger partial charge in [0, 0.05) is 16.8 Å². The van der Waals surface area contributed by atoms with Crippen LogP contribution in [0.5, 0.6) is 0 Å². The lowest BCUT2D eigenvalue weighted by atomic mass is 10.1. The van der Waals surface area contributed by atoms with E-state index >= 15 is 0 Å². The molecule has 0 aliphatic rings. The molecular formula is C13H12N2O2S. The topological polar surface area (TPSA) is 63.1 Å². The molecule has 18 heavy (non-hydrogen) atoms. The Morgan fingerprint density at radius 3 is 2.72 bits per heavy atom. The number of aromatic carboxylic acids is 1. The number of hydrogen-bond acceptors (Lipinski definition) is 4. The number of carbonyl (C=O) groups is 1. The highest BCUT2D eigenvalue weighted by atomic mass is 32.2. The third kappa shape index (κ3) is 2.87. The first kappa shape index (κ1) is 12.6. The number of aryl methyl sites for hydroxylation is 2. The van der Waals surface area contributed by atoms with Crippen LogP contribution in [0.2, 0.25) is 0 Å². The molecule has 1 aromatic heterocycles. The zero-order valence-corrected chi connectivity index (χ0v) is 10.9. The highest BCUT2D eigenvalue weighted by molar-refractivity contribution is 7.99. The maximum atomic E-state index is 11.2. The van der Waals surface area contributed by atoms with Gasteiger partial charge in [0.1, 0.15) is 0 Å². The molecule has 92 valence electrons. The normalized spacial score (nSPS) is 10.3. The fraction of sp³-hybridized carbons (Fsp3) is 0.154. The molecule has 0 aliphatic carbocycles. The molecule has 0 fully saturated rings. The van der Waals surface area contributed by atoms with Crippen molar-refractivity contribution in [2.24, 2.45) is 0 Å². The fourth-order valence-electron chi connectivity index (χ4n) is 1.47. The Bertz CT molecular complexity index is 599. The van der Waals surface area contributed by atoms with Gasteiger partial charge in [-0.1, -0.05) is 11.6 Å². The summed E-state index contributed by atoms with van der Waals surface area (Å²) in [7, 11) is 0. The first-order valence-corrected chi connectivity index (χ1v) is 6.19. The third-order valence-electron chi connectivity index (χ3n) is 2.34. The van der Waals surface area contributed by atoms with Gasteiger partial charge in [-0.2, -0.15) is 0 Å². The monoisotopic (exact) mass is 260 g/mol. The van der Waals surface area contributed by atoms with Crippen LogP contribution in [0.4, 0.5) is 0 Å². The van der Waals surface area contributed by atoms with Crippen LogP contribution < -0.4 is 0 Å². The van der Waals surface area contributed by atoms with Crippen LogP contribution in [0.25, 0.3) is 0 Å². The van der Waals surface area contributed by atoms with Crippen LogP contribution in [0.15, 0.2) is 40.5 Å². The maximum Gasteiger partial charge on any atom is 0.336 e. The molecule has 1 N–H and O–H groups in total. The molecule has 5 heteroatoms. The zero-order chi connectivity index (χ0) is 13.1. The second kappa shape index (κ2) is 5.18. The molecule has 0 atom stereocenters. The summed E-state index contributed by atoms with van der Waals surface area (Å²) < 4.78 is 0. The SMILES string of the molecule is Cc1ccc(Sc2nccc(C)n2)c(C(=O)O)c1. The summed E-state index contributed by atoms with van der Waals surface area (Å²) in [5.74, 6) is -0.936. The molecule has 0 aliphatic heterocycles. The number of carboxylic acid groups (broad SMARTS) is 1. The zero-order valence-electron chi connectivity index (χ0n) is 10.0. The van der Waals surface area contributed by atoms with E-state index in [1.165, 1.54) is 11.8 Å². The standard InChI is InChI=1S/C13H12N2O2S/c1-8-3-4-11(10(7-8)12(16)17)18-13-14-6-5-9(2)15-13/h3-7H,1-2H3,(H,16,17). The van der Waals surface area contributed by atoms with Gasteiger partial charge in [0.25, 0.3) is 0 Å². The Morgan fingerprint density at radius 1 is 1.28 bits per heavy atom. The number of aromatic nitrogens is 2. The van der Waals surface area contributed by atoms with E-state index in [1.54, 1.807) is 24.4 Å². The second-order valence-electron chi connectivity index (χ2n) is 3.89. The van der Waals surface area contributed by atoms with E-state index in [2.05, 4.69) is 9.97 Å². The Morgan fingerprint density at radius 2 is 2.06 bits per heavy atom. The van der Waals surface area contributed by atoms with E-state index in [1.807, 2.05) is 19.9 Å². The molecule has 2 aromatic rings. The second-order valence-corrected chi connectivity index (χ2v) is 4.90. The lowest BCUT2D eigenvalue weighted by Crippen LogP contribution is -2.00. The van der Waals surface area contributed by atoms with Crippen molar-refractivity contribution < 1.29 is 9.90 Å². The molecule has 0 radical (unpaired) electrons. The van der Waals surface area contributed by atoms with Gasteiger partial charge in [-0.15, -0.1) is 0 Å². The molecule has 2 rings (SSSR count). The quantitative estimate of drug-likeness (QED) is 0.860. The molecular weight excluding hydrogens is 248 g/mol. The average Bonchev–Trinajstić information content (AvgIpc) is 2.31. The minimum Gasteiger partial charge on any atom is -0.478 e. The van der Waals surface area contributed by atoms with E-state index in [4.69, 9.17) is 5.11 Å². The summed E-state index contributed by atoms with van der Waals surface area (Å²) in [5.41, 5.74) is 2.06. The number of carboxylic acids is 1. The van der Waals surface area contributed by atoms with Gasteiger partial charge in [-0.3, -0.25) is 0 Å². The van der Waals surface area contributed by atoms with Crippen LogP contribution >= 0.6 is 11.8 Å². The van der Waals surface area contributed by atoms with Crippen LogP contribution in [0.3, 0.4) is 0 Å². The minimum atomic E-state index is -0.936. The molecule has 1 heterocycles. The van der Waals surface area contributed by atoms with Crippen LogP contribution in [0, 0.1) is 13.8 Å². The van der Waals surface area contributed by atoms with Gasteiger partial charge >= 0.3 is 5.97 Å². The highest BCUT2D eigenvalue weighted by Gasteiger charge is 2.12. The van der Waals surface area contributed by atoms with Crippen molar-refractivity contribution in [3.05, 3.63) is 47.3 Å². The maximum absolute atomic E-state index is 11.2. The largest absolute Gasteiger partial charge is 0.478 e. The molecule has 0 saturated carbocycles. The van der Waals surface area contributed by atoms with E-state index in [9.17, 15) is 4.79 Å².